The Morgan fingerprint density at radius 2 is 1.90 bits per heavy atom. The van der Waals surface area contributed by atoms with Gasteiger partial charge in [0, 0.05) is 0 Å². The number of aryl methyl sites for hydroxylation is 1. The summed E-state index contributed by atoms with van der Waals surface area (Å²) in [6, 6.07) is 6.13. The van der Waals surface area contributed by atoms with Gasteiger partial charge in [0.25, 0.3) is 0 Å². The highest BCUT2D eigenvalue weighted by molar-refractivity contribution is 5.42. The third-order valence-electron chi connectivity index (χ3n) is 4.57. The minimum absolute atomic E-state index is 0.616. The summed E-state index contributed by atoms with van der Waals surface area (Å²) >= 11 is 0. The minimum Gasteiger partial charge on any atom is -0.497 e. The average Bonchev–Trinajstić information content (AvgIpc) is 2.80. The Hall–Kier alpha value is -1.02. The quantitative estimate of drug-likeness (QED) is 0.704. The maximum atomic E-state index is 10.9. The Morgan fingerprint density at radius 1 is 1.15 bits per heavy atom. The second kappa shape index (κ2) is 7.12. The van der Waals surface area contributed by atoms with Gasteiger partial charge in [0.15, 0.2) is 0 Å². The molecule has 0 amide bonds. The van der Waals surface area contributed by atoms with Gasteiger partial charge in [-0.05, 0) is 42.5 Å². The predicted octanol–water partition coefficient (Wildman–Crippen LogP) is 4.58. The van der Waals surface area contributed by atoms with Crippen LogP contribution in [0.15, 0.2) is 18.2 Å². The fourth-order valence-corrected chi connectivity index (χ4v) is 3.27. The molecule has 0 radical (unpaired) electrons. The molecule has 0 aliphatic heterocycles. The van der Waals surface area contributed by atoms with E-state index in [9.17, 15) is 5.11 Å². The minimum atomic E-state index is -0.616. The number of hydrogen-bond donors (Lipinski definition) is 1. The standard InChI is InChI=1S/C18H28O2/c1-3-4-5-6-7-8-12-18(19)13-11-15-9-10-16(20-2)14-17(15)18/h9-10,14,19H,3-8,11-13H2,1-2H3. The zero-order valence-electron chi connectivity index (χ0n) is 13.0. The van der Waals surface area contributed by atoms with Gasteiger partial charge < -0.3 is 9.84 Å². The van der Waals surface area contributed by atoms with Crippen LogP contribution >= 0.6 is 0 Å². The van der Waals surface area contributed by atoms with Crippen molar-refractivity contribution in [1.82, 2.24) is 0 Å². The van der Waals surface area contributed by atoms with E-state index in [2.05, 4.69) is 13.0 Å². The van der Waals surface area contributed by atoms with Crippen molar-refractivity contribution in [3.63, 3.8) is 0 Å². The molecule has 0 heterocycles. The lowest BCUT2D eigenvalue weighted by atomic mass is 9.89. The van der Waals surface area contributed by atoms with Crippen molar-refractivity contribution >= 4 is 0 Å². The highest BCUT2D eigenvalue weighted by Crippen LogP contribution is 2.42. The van der Waals surface area contributed by atoms with Gasteiger partial charge >= 0.3 is 0 Å². The Labute approximate surface area is 123 Å². The predicted molar refractivity (Wildman–Crippen MR) is 83.2 cm³/mol. The number of hydrogen-bond acceptors (Lipinski definition) is 2. The lowest BCUT2D eigenvalue weighted by molar-refractivity contribution is 0.0266. The number of aliphatic hydroxyl groups is 1. The molecule has 0 fully saturated rings. The molecule has 1 unspecified atom stereocenters. The fraction of sp³-hybridized carbons (Fsp3) is 0.667. The number of fused-ring (bicyclic) bond motifs is 1. The van der Waals surface area contributed by atoms with E-state index in [1.165, 1.54) is 37.7 Å². The summed E-state index contributed by atoms with van der Waals surface area (Å²) in [5.74, 6) is 0.854. The summed E-state index contributed by atoms with van der Waals surface area (Å²) in [5.41, 5.74) is 1.78. The van der Waals surface area contributed by atoms with Crippen LogP contribution in [0, 0.1) is 0 Å². The molecule has 1 aromatic carbocycles. The Kier molecular flexibility index (Phi) is 5.47. The molecule has 2 nitrogen and oxygen atoms in total. The summed E-state index contributed by atoms with van der Waals surface area (Å²) in [5, 5.41) is 10.9. The van der Waals surface area contributed by atoms with Crippen molar-refractivity contribution in [3.8, 4) is 5.75 Å². The van der Waals surface area contributed by atoms with Gasteiger partial charge in [-0.3, -0.25) is 0 Å². The summed E-state index contributed by atoms with van der Waals surface area (Å²) in [6.07, 6.45) is 10.4. The number of benzene rings is 1. The largest absolute Gasteiger partial charge is 0.497 e. The summed E-state index contributed by atoms with van der Waals surface area (Å²) in [4.78, 5) is 0. The molecule has 0 spiro atoms. The molecule has 1 N–H and O–H groups in total. The summed E-state index contributed by atoms with van der Waals surface area (Å²) < 4.78 is 5.29. The first kappa shape index (κ1) is 15.4. The van der Waals surface area contributed by atoms with Crippen LogP contribution in [0.5, 0.6) is 5.75 Å². The van der Waals surface area contributed by atoms with E-state index in [4.69, 9.17) is 4.74 Å². The summed E-state index contributed by atoms with van der Waals surface area (Å²) in [7, 11) is 1.68. The van der Waals surface area contributed by atoms with Gasteiger partial charge in [0.2, 0.25) is 0 Å². The number of rotatable bonds is 8. The van der Waals surface area contributed by atoms with Crippen LogP contribution in [0.25, 0.3) is 0 Å². The van der Waals surface area contributed by atoms with Crippen molar-refractivity contribution in [1.29, 1.82) is 0 Å². The molecule has 0 saturated carbocycles. The molecule has 0 bridgehead atoms. The van der Waals surface area contributed by atoms with E-state index in [0.717, 1.165) is 37.0 Å². The van der Waals surface area contributed by atoms with Crippen LogP contribution < -0.4 is 4.74 Å². The zero-order chi connectivity index (χ0) is 14.4. The van der Waals surface area contributed by atoms with E-state index in [0.29, 0.717) is 0 Å². The Morgan fingerprint density at radius 3 is 2.65 bits per heavy atom. The van der Waals surface area contributed by atoms with Gasteiger partial charge in [-0.2, -0.15) is 0 Å². The molecule has 0 aromatic heterocycles. The van der Waals surface area contributed by atoms with E-state index < -0.39 is 5.60 Å². The van der Waals surface area contributed by atoms with Gasteiger partial charge in [-0.15, -0.1) is 0 Å². The third-order valence-corrected chi connectivity index (χ3v) is 4.57. The average molecular weight is 276 g/mol. The molecule has 20 heavy (non-hydrogen) atoms. The summed E-state index contributed by atoms with van der Waals surface area (Å²) in [6.45, 7) is 2.24. The number of ether oxygens (including phenoxy) is 1. The molecule has 2 heteroatoms. The second-order valence-electron chi connectivity index (χ2n) is 6.07. The van der Waals surface area contributed by atoms with Crippen molar-refractivity contribution in [2.24, 2.45) is 0 Å². The Balaban J connectivity index is 1.89. The molecule has 112 valence electrons. The van der Waals surface area contributed by atoms with E-state index in [-0.39, 0.29) is 0 Å². The fourth-order valence-electron chi connectivity index (χ4n) is 3.27. The first-order chi connectivity index (χ1) is 9.69. The van der Waals surface area contributed by atoms with Gasteiger partial charge in [0.1, 0.15) is 5.75 Å². The highest BCUT2D eigenvalue weighted by atomic mass is 16.5. The lowest BCUT2D eigenvalue weighted by Gasteiger charge is -2.24. The van der Waals surface area contributed by atoms with Crippen LogP contribution in [0.3, 0.4) is 0 Å². The Bertz CT molecular complexity index is 427. The molecule has 0 saturated heterocycles. The highest BCUT2D eigenvalue weighted by Gasteiger charge is 2.36. The molecule has 1 aliphatic rings. The van der Waals surface area contributed by atoms with Crippen LogP contribution in [0.4, 0.5) is 0 Å². The van der Waals surface area contributed by atoms with Crippen LogP contribution in [-0.4, -0.2) is 12.2 Å². The van der Waals surface area contributed by atoms with Crippen LogP contribution in [0.1, 0.15) is 69.4 Å². The SMILES string of the molecule is CCCCCCCCC1(O)CCc2ccc(OC)cc21. The lowest BCUT2D eigenvalue weighted by Crippen LogP contribution is -2.22. The van der Waals surface area contributed by atoms with E-state index >= 15 is 0 Å². The zero-order valence-corrected chi connectivity index (χ0v) is 13.0. The van der Waals surface area contributed by atoms with Crippen molar-refractivity contribution in [2.75, 3.05) is 7.11 Å². The maximum Gasteiger partial charge on any atom is 0.119 e. The first-order valence-electron chi connectivity index (χ1n) is 8.09. The second-order valence-corrected chi connectivity index (χ2v) is 6.07. The molecule has 1 atom stereocenters. The monoisotopic (exact) mass is 276 g/mol. The van der Waals surface area contributed by atoms with E-state index in [1.54, 1.807) is 7.11 Å². The molecular formula is C18H28O2. The van der Waals surface area contributed by atoms with Crippen molar-refractivity contribution in [3.05, 3.63) is 29.3 Å². The van der Waals surface area contributed by atoms with E-state index in [1.807, 2.05) is 12.1 Å². The van der Waals surface area contributed by atoms with Crippen molar-refractivity contribution in [2.45, 2.75) is 70.3 Å². The normalized spacial score (nSPS) is 20.9. The third kappa shape index (κ3) is 3.54. The molecular weight excluding hydrogens is 248 g/mol. The van der Waals surface area contributed by atoms with Crippen LogP contribution in [-0.2, 0) is 12.0 Å². The van der Waals surface area contributed by atoms with Gasteiger partial charge in [0.05, 0.1) is 12.7 Å². The van der Waals surface area contributed by atoms with Crippen LogP contribution in [0.2, 0.25) is 0 Å². The van der Waals surface area contributed by atoms with Gasteiger partial charge in [-0.25, -0.2) is 0 Å². The van der Waals surface area contributed by atoms with Crippen molar-refractivity contribution < 1.29 is 9.84 Å². The number of unbranched alkanes of at least 4 members (excludes halogenated alkanes) is 5. The smallest absolute Gasteiger partial charge is 0.119 e. The topological polar surface area (TPSA) is 29.5 Å². The molecule has 1 aromatic rings. The number of methoxy groups -OCH3 is 1. The maximum absolute atomic E-state index is 10.9. The van der Waals surface area contributed by atoms with Gasteiger partial charge in [-0.1, -0.05) is 51.5 Å². The molecule has 2 rings (SSSR count). The first-order valence-corrected chi connectivity index (χ1v) is 8.09. The molecule has 1 aliphatic carbocycles.